The highest BCUT2D eigenvalue weighted by Gasteiger charge is 2.74. The van der Waals surface area contributed by atoms with Gasteiger partial charge in [-0.1, -0.05) is 13.8 Å². The Morgan fingerprint density at radius 2 is 1.96 bits per heavy atom. The smallest absolute Gasteiger partial charge is 0.338 e. The first-order valence-electron chi connectivity index (χ1n) is 9.46. The SMILES string of the molecule is C[C@@]12C[C@@H](c3ccoc3)OC(=O)[C@H]1CC[C@]1(C)[C@H]2[C@H]2CC[C@]1(O)C(=O)O2. The van der Waals surface area contributed by atoms with Gasteiger partial charge in [-0.05, 0) is 43.6 Å². The number of carbonyl (C=O) groups excluding carboxylic acids is 2. The standard InChI is InChI=1S/C20H24O6/c1-18-9-14(11-5-8-24-10-11)25-16(21)12(18)3-6-19(2)15(18)13-4-7-20(19,23)17(22)26-13/h5,8,10,12-15,23H,3-4,6-7,9H2,1-2H3/t12-,13-,14+,15+,18-,19-,20+/m1/s1. The second-order valence-electron chi connectivity index (χ2n) is 9.02. The number of rotatable bonds is 1. The molecule has 0 aromatic carbocycles. The van der Waals surface area contributed by atoms with Crippen molar-refractivity contribution in [2.24, 2.45) is 22.7 Å². The molecule has 1 aromatic heterocycles. The van der Waals surface area contributed by atoms with Gasteiger partial charge in [0, 0.05) is 16.9 Å². The van der Waals surface area contributed by atoms with Crippen LogP contribution in [0.3, 0.4) is 0 Å². The van der Waals surface area contributed by atoms with Crippen molar-refractivity contribution in [1.82, 2.24) is 0 Å². The van der Waals surface area contributed by atoms with Crippen LogP contribution in [0.1, 0.15) is 57.6 Å². The van der Waals surface area contributed by atoms with Crippen LogP contribution in [0.2, 0.25) is 0 Å². The highest BCUT2D eigenvalue weighted by molar-refractivity contribution is 5.83. The van der Waals surface area contributed by atoms with Gasteiger partial charge in [0.1, 0.15) is 12.2 Å². The minimum absolute atomic E-state index is 0.0625. The Morgan fingerprint density at radius 3 is 2.65 bits per heavy atom. The second kappa shape index (κ2) is 4.91. The molecule has 2 bridgehead atoms. The molecule has 140 valence electrons. The van der Waals surface area contributed by atoms with E-state index in [-0.39, 0.29) is 30.0 Å². The summed E-state index contributed by atoms with van der Waals surface area (Å²) in [5.74, 6) is -0.969. The Morgan fingerprint density at radius 1 is 1.15 bits per heavy atom. The van der Waals surface area contributed by atoms with Crippen molar-refractivity contribution < 1.29 is 28.6 Å². The summed E-state index contributed by atoms with van der Waals surface area (Å²) < 4.78 is 16.6. The minimum Gasteiger partial charge on any atom is -0.472 e. The van der Waals surface area contributed by atoms with Crippen molar-refractivity contribution >= 4 is 11.9 Å². The monoisotopic (exact) mass is 360 g/mol. The number of hydrogen-bond donors (Lipinski definition) is 1. The summed E-state index contributed by atoms with van der Waals surface area (Å²) in [4.78, 5) is 25.3. The lowest BCUT2D eigenvalue weighted by atomic mass is 9.41. The summed E-state index contributed by atoms with van der Waals surface area (Å²) in [5, 5.41) is 11.3. The van der Waals surface area contributed by atoms with E-state index in [1.165, 1.54) is 0 Å². The third-order valence-corrected chi connectivity index (χ3v) is 7.93. The lowest BCUT2D eigenvalue weighted by molar-refractivity contribution is -0.292. The highest BCUT2D eigenvalue weighted by Crippen LogP contribution is 2.69. The maximum Gasteiger partial charge on any atom is 0.338 e. The number of fused-ring (bicyclic) bond motifs is 3. The zero-order valence-electron chi connectivity index (χ0n) is 15.1. The predicted octanol–water partition coefficient (Wildman–Crippen LogP) is 2.76. The number of hydrogen-bond acceptors (Lipinski definition) is 6. The van der Waals surface area contributed by atoms with Gasteiger partial charge in [-0.2, -0.15) is 0 Å². The fourth-order valence-electron chi connectivity index (χ4n) is 6.64. The van der Waals surface area contributed by atoms with Gasteiger partial charge in [0.15, 0.2) is 5.60 Å². The maximum atomic E-state index is 12.8. The van der Waals surface area contributed by atoms with Crippen molar-refractivity contribution in [3.05, 3.63) is 24.2 Å². The number of ether oxygens (including phenoxy) is 2. The summed E-state index contributed by atoms with van der Waals surface area (Å²) in [6.07, 6.45) is 5.58. The van der Waals surface area contributed by atoms with Crippen molar-refractivity contribution in [3.63, 3.8) is 0 Å². The van der Waals surface area contributed by atoms with Gasteiger partial charge in [-0.15, -0.1) is 0 Å². The second-order valence-corrected chi connectivity index (χ2v) is 9.02. The molecule has 0 amide bonds. The van der Waals surface area contributed by atoms with Crippen LogP contribution in [-0.2, 0) is 19.1 Å². The largest absolute Gasteiger partial charge is 0.472 e. The van der Waals surface area contributed by atoms with Crippen LogP contribution in [-0.4, -0.2) is 28.8 Å². The van der Waals surface area contributed by atoms with E-state index in [1.54, 1.807) is 12.5 Å². The van der Waals surface area contributed by atoms with Gasteiger partial charge in [0.25, 0.3) is 0 Å². The van der Waals surface area contributed by atoms with Crippen LogP contribution in [0.25, 0.3) is 0 Å². The number of cyclic esters (lactones) is 1. The van der Waals surface area contributed by atoms with E-state index in [4.69, 9.17) is 13.9 Å². The summed E-state index contributed by atoms with van der Waals surface area (Å²) in [5.41, 5.74) is -1.58. The number of esters is 2. The quantitative estimate of drug-likeness (QED) is 0.775. The van der Waals surface area contributed by atoms with Gasteiger partial charge in [-0.25, -0.2) is 4.79 Å². The third-order valence-electron chi connectivity index (χ3n) is 7.93. The third kappa shape index (κ3) is 1.76. The first-order chi connectivity index (χ1) is 12.3. The van der Waals surface area contributed by atoms with Crippen molar-refractivity contribution in [3.8, 4) is 0 Å². The first-order valence-corrected chi connectivity index (χ1v) is 9.46. The Hall–Kier alpha value is -1.82. The molecule has 1 aromatic rings. The van der Waals surface area contributed by atoms with Gasteiger partial charge < -0.3 is 19.0 Å². The molecule has 0 unspecified atom stereocenters. The molecule has 26 heavy (non-hydrogen) atoms. The van der Waals surface area contributed by atoms with Crippen LogP contribution in [0.15, 0.2) is 23.0 Å². The van der Waals surface area contributed by atoms with Crippen LogP contribution in [0, 0.1) is 22.7 Å². The average molecular weight is 360 g/mol. The van der Waals surface area contributed by atoms with E-state index in [1.807, 2.05) is 13.0 Å². The lowest BCUT2D eigenvalue weighted by Gasteiger charge is -2.67. The lowest BCUT2D eigenvalue weighted by Crippen LogP contribution is -2.74. The van der Waals surface area contributed by atoms with Crippen molar-refractivity contribution in [1.29, 1.82) is 0 Å². The van der Waals surface area contributed by atoms with E-state index in [2.05, 4.69) is 6.92 Å². The molecule has 2 saturated carbocycles. The molecular weight excluding hydrogens is 336 g/mol. The first kappa shape index (κ1) is 16.4. The minimum atomic E-state index is -1.45. The molecule has 1 N–H and O–H groups in total. The molecule has 7 atom stereocenters. The van der Waals surface area contributed by atoms with Gasteiger partial charge in [0.2, 0.25) is 0 Å². The molecule has 3 aliphatic heterocycles. The topological polar surface area (TPSA) is 86.0 Å². The van der Waals surface area contributed by atoms with Crippen LogP contribution in [0.5, 0.6) is 0 Å². The Bertz CT molecular complexity index is 771. The Balaban J connectivity index is 1.60. The Kier molecular flexibility index (Phi) is 3.09. The van der Waals surface area contributed by atoms with Crippen LogP contribution >= 0.6 is 0 Å². The summed E-state index contributed by atoms with van der Waals surface area (Å²) in [6.45, 7) is 4.13. The van der Waals surface area contributed by atoms with Gasteiger partial charge in [-0.3, -0.25) is 4.79 Å². The zero-order valence-corrected chi connectivity index (χ0v) is 15.1. The molecule has 6 heteroatoms. The molecule has 5 aliphatic rings. The van der Waals surface area contributed by atoms with E-state index in [0.29, 0.717) is 32.1 Å². The normalized spacial score (nSPS) is 49.8. The predicted molar refractivity (Wildman–Crippen MR) is 88.6 cm³/mol. The fraction of sp³-hybridized carbons (Fsp3) is 0.700. The molecule has 6 nitrogen and oxygen atoms in total. The van der Waals surface area contributed by atoms with Gasteiger partial charge >= 0.3 is 11.9 Å². The molecule has 3 saturated heterocycles. The van der Waals surface area contributed by atoms with Gasteiger partial charge in [0.05, 0.1) is 18.4 Å². The molecular formula is C20H24O6. The summed E-state index contributed by atoms with van der Waals surface area (Å²) >= 11 is 0. The molecule has 5 fully saturated rings. The summed E-state index contributed by atoms with van der Waals surface area (Å²) in [6, 6.07) is 1.82. The number of furan rings is 1. The van der Waals surface area contributed by atoms with Crippen molar-refractivity contribution in [2.75, 3.05) is 0 Å². The molecule has 2 aliphatic carbocycles. The number of aliphatic hydroxyl groups is 1. The molecule has 0 radical (unpaired) electrons. The van der Waals surface area contributed by atoms with Crippen LogP contribution in [0.4, 0.5) is 0 Å². The van der Waals surface area contributed by atoms with Crippen LogP contribution < -0.4 is 0 Å². The number of carbonyl (C=O) groups is 2. The van der Waals surface area contributed by atoms with E-state index < -0.39 is 22.4 Å². The molecule has 6 rings (SSSR count). The Labute approximate surface area is 151 Å². The average Bonchev–Trinajstić information content (AvgIpc) is 3.10. The van der Waals surface area contributed by atoms with E-state index >= 15 is 0 Å². The highest BCUT2D eigenvalue weighted by atomic mass is 16.6. The maximum absolute atomic E-state index is 12.8. The zero-order chi connectivity index (χ0) is 18.3. The van der Waals surface area contributed by atoms with E-state index in [9.17, 15) is 14.7 Å². The van der Waals surface area contributed by atoms with E-state index in [0.717, 1.165) is 5.56 Å². The molecule has 4 heterocycles. The fourth-order valence-corrected chi connectivity index (χ4v) is 6.64. The van der Waals surface area contributed by atoms with Crippen molar-refractivity contribution in [2.45, 2.75) is 63.8 Å². The molecule has 0 spiro atoms. The summed E-state index contributed by atoms with van der Waals surface area (Å²) in [7, 11) is 0.